The fourth-order valence-electron chi connectivity index (χ4n) is 2.47. The van der Waals surface area contributed by atoms with Crippen molar-refractivity contribution in [2.75, 3.05) is 31.1 Å². The summed E-state index contributed by atoms with van der Waals surface area (Å²) < 4.78 is 14.5. The van der Waals surface area contributed by atoms with Crippen molar-refractivity contribution in [1.29, 1.82) is 0 Å². The Morgan fingerprint density at radius 3 is 2.45 bits per heavy atom. The van der Waals surface area contributed by atoms with Crippen molar-refractivity contribution in [3.05, 3.63) is 64.4 Å². The van der Waals surface area contributed by atoms with Gasteiger partial charge in [0.2, 0.25) is 0 Å². The topological polar surface area (TPSA) is 18.8 Å². The van der Waals surface area contributed by atoms with Crippen molar-refractivity contribution >= 4 is 27.8 Å². The molecule has 0 saturated carbocycles. The van der Waals surface area contributed by atoms with E-state index in [1.165, 1.54) is 11.8 Å². The number of halogens is 2. The minimum absolute atomic E-state index is 0.255. The van der Waals surface area contributed by atoms with Gasteiger partial charge in [-0.05, 0) is 30.3 Å². The monoisotopic (exact) mass is 361 g/mol. The molecule has 0 radical (unpaired) electrons. The van der Waals surface area contributed by atoms with Crippen LogP contribution < -0.4 is 4.90 Å². The first kappa shape index (κ1) is 15.0. The van der Waals surface area contributed by atoms with Gasteiger partial charge in [-0.3, -0.25) is 5.01 Å². The Labute approximate surface area is 138 Å². The lowest BCUT2D eigenvalue weighted by atomic mass is 10.2. The van der Waals surface area contributed by atoms with Crippen molar-refractivity contribution in [1.82, 2.24) is 5.01 Å². The number of hydrazone groups is 1. The van der Waals surface area contributed by atoms with E-state index in [-0.39, 0.29) is 5.82 Å². The highest BCUT2D eigenvalue weighted by Crippen LogP contribution is 2.16. The number of piperazine rings is 1. The summed E-state index contributed by atoms with van der Waals surface area (Å²) in [5.41, 5.74) is 1.74. The maximum absolute atomic E-state index is 13.7. The predicted molar refractivity (Wildman–Crippen MR) is 91.9 cm³/mol. The van der Waals surface area contributed by atoms with Gasteiger partial charge in [0.1, 0.15) is 5.82 Å². The van der Waals surface area contributed by atoms with Crippen LogP contribution in [0, 0.1) is 5.82 Å². The molecule has 3 rings (SSSR count). The molecule has 0 atom stereocenters. The number of rotatable bonds is 3. The highest BCUT2D eigenvalue weighted by molar-refractivity contribution is 9.10. The second-order valence-corrected chi connectivity index (χ2v) is 6.10. The van der Waals surface area contributed by atoms with E-state index in [4.69, 9.17) is 0 Å². The minimum atomic E-state index is -0.255. The molecule has 114 valence electrons. The fourth-order valence-corrected chi connectivity index (χ4v) is 2.84. The Kier molecular flexibility index (Phi) is 4.73. The quantitative estimate of drug-likeness (QED) is 0.775. The van der Waals surface area contributed by atoms with E-state index in [0.29, 0.717) is 5.56 Å². The van der Waals surface area contributed by atoms with Crippen molar-refractivity contribution < 1.29 is 4.39 Å². The Hall–Kier alpha value is -1.88. The molecule has 1 heterocycles. The van der Waals surface area contributed by atoms with E-state index in [2.05, 4.69) is 50.2 Å². The van der Waals surface area contributed by atoms with Crippen LogP contribution in [0.5, 0.6) is 0 Å². The molecular weight excluding hydrogens is 345 g/mol. The van der Waals surface area contributed by atoms with Crippen LogP contribution in [0.4, 0.5) is 10.1 Å². The molecule has 0 aliphatic carbocycles. The van der Waals surface area contributed by atoms with Gasteiger partial charge < -0.3 is 4.90 Å². The second-order valence-electron chi connectivity index (χ2n) is 5.19. The summed E-state index contributed by atoms with van der Waals surface area (Å²) in [5.74, 6) is -0.255. The van der Waals surface area contributed by atoms with Crippen LogP contribution in [0.15, 0.2) is 58.1 Å². The Morgan fingerprint density at radius 1 is 1.00 bits per heavy atom. The lowest BCUT2D eigenvalue weighted by Gasteiger charge is -2.34. The van der Waals surface area contributed by atoms with Gasteiger partial charge in [-0.25, -0.2) is 4.39 Å². The Morgan fingerprint density at radius 2 is 1.73 bits per heavy atom. The number of hydrogen-bond donors (Lipinski definition) is 0. The van der Waals surface area contributed by atoms with Gasteiger partial charge >= 0.3 is 0 Å². The lowest BCUT2D eigenvalue weighted by Crippen LogP contribution is -2.44. The van der Waals surface area contributed by atoms with Gasteiger partial charge in [-0.2, -0.15) is 5.10 Å². The van der Waals surface area contributed by atoms with Gasteiger partial charge in [0.15, 0.2) is 0 Å². The van der Waals surface area contributed by atoms with Crippen molar-refractivity contribution in [3.63, 3.8) is 0 Å². The standard InChI is InChI=1S/C17H17BrFN3/c18-15-6-7-17(19)14(12-15)13-20-22-10-8-21(9-11-22)16-4-2-1-3-5-16/h1-7,12-13H,8-11H2/b20-13+. The van der Waals surface area contributed by atoms with Crippen molar-refractivity contribution in [3.8, 4) is 0 Å². The summed E-state index contributed by atoms with van der Waals surface area (Å²) >= 11 is 3.35. The fraction of sp³-hybridized carbons (Fsp3) is 0.235. The Bertz CT molecular complexity index is 652. The first-order valence-electron chi connectivity index (χ1n) is 7.26. The van der Waals surface area contributed by atoms with Crippen LogP contribution in [0.1, 0.15) is 5.56 Å². The van der Waals surface area contributed by atoms with Crippen LogP contribution in [0.25, 0.3) is 0 Å². The Balaban J connectivity index is 1.60. The van der Waals surface area contributed by atoms with Gasteiger partial charge in [0.05, 0.1) is 19.3 Å². The first-order chi connectivity index (χ1) is 10.7. The van der Waals surface area contributed by atoms with Crippen molar-refractivity contribution in [2.24, 2.45) is 5.10 Å². The van der Waals surface area contributed by atoms with Crippen LogP contribution in [0.2, 0.25) is 0 Å². The first-order valence-corrected chi connectivity index (χ1v) is 8.06. The molecule has 1 fully saturated rings. The molecule has 22 heavy (non-hydrogen) atoms. The highest BCUT2D eigenvalue weighted by atomic mass is 79.9. The highest BCUT2D eigenvalue weighted by Gasteiger charge is 2.15. The number of nitrogens with zero attached hydrogens (tertiary/aromatic N) is 3. The van der Waals surface area contributed by atoms with E-state index >= 15 is 0 Å². The summed E-state index contributed by atoms with van der Waals surface area (Å²) in [7, 11) is 0. The SMILES string of the molecule is Fc1ccc(Br)cc1/C=N/N1CCN(c2ccccc2)CC1. The van der Waals surface area contributed by atoms with Gasteiger partial charge in [0, 0.05) is 28.8 Å². The molecule has 1 saturated heterocycles. The molecule has 0 spiro atoms. The molecule has 3 nitrogen and oxygen atoms in total. The second kappa shape index (κ2) is 6.92. The average molecular weight is 362 g/mol. The summed E-state index contributed by atoms with van der Waals surface area (Å²) in [6, 6.07) is 15.2. The molecule has 0 aromatic heterocycles. The van der Waals surface area contributed by atoms with Gasteiger partial charge in [0.25, 0.3) is 0 Å². The molecular formula is C17H17BrFN3. The van der Waals surface area contributed by atoms with E-state index < -0.39 is 0 Å². The van der Waals surface area contributed by atoms with E-state index in [1.807, 2.05) is 11.1 Å². The zero-order valence-electron chi connectivity index (χ0n) is 12.1. The van der Waals surface area contributed by atoms with Gasteiger partial charge in [-0.15, -0.1) is 0 Å². The predicted octanol–water partition coefficient (Wildman–Crippen LogP) is 3.74. The molecule has 1 aliphatic rings. The summed E-state index contributed by atoms with van der Waals surface area (Å²) in [5, 5.41) is 6.39. The van der Waals surface area contributed by atoms with E-state index in [0.717, 1.165) is 30.7 Å². The zero-order valence-corrected chi connectivity index (χ0v) is 13.7. The minimum Gasteiger partial charge on any atom is -0.368 e. The van der Waals surface area contributed by atoms with Crippen LogP contribution >= 0.6 is 15.9 Å². The molecule has 2 aromatic carbocycles. The smallest absolute Gasteiger partial charge is 0.132 e. The molecule has 0 N–H and O–H groups in total. The molecule has 1 aliphatic heterocycles. The molecule has 5 heteroatoms. The van der Waals surface area contributed by atoms with Crippen LogP contribution in [0.3, 0.4) is 0 Å². The molecule has 0 amide bonds. The summed E-state index contributed by atoms with van der Waals surface area (Å²) in [6.45, 7) is 3.51. The number of benzene rings is 2. The normalized spacial score (nSPS) is 15.5. The third-order valence-corrected chi connectivity index (χ3v) is 4.19. The maximum Gasteiger partial charge on any atom is 0.132 e. The number of para-hydroxylation sites is 1. The lowest BCUT2D eigenvalue weighted by molar-refractivity contribution is 0.272. The van der Waals surface area contributed by atoms with Gasteiger partial charge in [-0.1, -0.05) is 34.1 Å². The molecule has 0 bridgehead atoms. The zero-order chi connectivity index (χ0) is 15.4. The van der Waals surface area contributed by atoms with Crippen LogP contribution in [-0.4, -0.2) is 37.4 Å². The summed E-state index contributed by atoms with van der Waals surface area (Å²) in [6.07, 6.45) is 1.60. The number of anilines is 1. The molecule has 0 unspecified atom stereocenters. The van der Waals surface area contributed by atoms with E-state index in [9.17, 15) is 4.39 Å². The average Bonchev–Trinajstić information content (AvgIpc) is 2.57. The third-order valence-electron chi connectivity index (χ3n) is 3.70. The maximum atomic E-state index is 13.7. The third kappa shape index (κ3) is 3.65. The molecule has 2 aromatic rings. The van der Waals surface area contributed by atoms with Crippen molar-refractivity contribution in [2.45, 2.75) is 0 Å². The van der Waals surface area contributed by atoms with E-state index in [1.54, 1.807) is 18.3 Å². The largest absolute Gasteiger partial charge is 0.368 e. The summed E-state index contributed by atoms with van der Waals surface area (Å²) in [4.78, 5) is 2.34. The number of hydrogen-bond acceptors (Lipinski definition) is 3. The van der Waals surface area contributed by atoms with Crippen LogP contribution in [-0.2, 0) is 0 Å².